The van der Waals surface area contributed by atoms with Crippen LogP contribution in [0.25, 0.3) is 0 Å². The summed E-state index contributed by atoms with van der Waals surface area (Å²) in [4.78, 5) is 30.8. The highest BCUT2D eigenvalue weighted by Crippen LogP contribution is 2.25. The van der Waals surface area contributed by atoms with Crippen molar-refractivity contribution < 1.29 is 9.59 Å². The van der Waals surface area contributed by atoms with Crippen LogP contribution in [0.1, 0.15) is 38.2 Å². The SMILES string of the molecule is CC(=O)NC[C@H]1CC[C@@H](CC(=O)N2CCCN(c3ccccc3C)CC2)N1C. The number of nitrogens with zero attached hydrogens (tertiary/aromatic N) is 3. The van der Waals surface area contributed by atoms with E-state index >= 15 is 0 Å². The summed E-state index contributed by atoms with van der Waals surface area (Å²) in [7, 11) is 2.08. The van der Waals surface area contributed by atoms with Crippen molar-refractivity contribution in [3.8, 4) is 0 Å². The highest BCUT2D eigenvalue weighted by atomic mass is 16.2. The topological polar surface area (TPSA) is 55.9 Å². The van der Waals surface area contributed by atoms with Crippen LogP contribution in [0.2, 0.25) is 0 Å². The molecule has 1 N–H and O–H groups in total. The monoisotopic (exact) mass is 386 g/mol. The lowest BCUT2D eigenvalue weighted by molar-refractivity contribution is -0.132. The first-order valence-electron chi connectivity index (χ1n) is 10.5. The Bertz CT molecular complexity index is 693. The smallest absolute Gasteiger partial charge is 0.224 e. The summed E-state index contributed by atoms with van der Waals surface area (Å²) >= 11 is 0. The fourth-order valence-corrected chi connectivity index (χ4v) is 4.50. The number of carbonyl (C=O) groups excluding carboxylic acids is 2. The maximum absolute atomic E-state index is 12.9. The second kappa shape index (κ2) is 9.41. The van der Waals surface area contributed by atoms with Gasteiger partial charge in [-0.3, -0.25) is 14.5 Å². The Hall–Kier alpha value is -2.08. The number of para-hydroxylation sites is 1. The van der Waals surface area contributed by atoms with E-state index in [9.17, 15) is 9.59 Å². The molecule has 2 aliphatic rings. The molecule has 2 amide bonds. The Balaban J connectivity index is 1.51. The number of anilines is 1. The Morgan fingerprint density at radius 3 is 2.57 bits per heavy atom. The van der Waals surface area contributed by atoms with Crippen LogP contribution < -0.4 is 10.2 Å². The maximum atomic E-state index is 12.9. The van der Waals surface area contributed by atoms with Crippen molar-refractivity contribution in [1.82, 2.24) is 15.1 Å². The van der Waals surface area contributed by atoms with E-state index in [4.69, 9.17) is 0 Å². The number of benzene rings is 1. The Kier molecular flexibility index (Phi) is 6.94. The Morgan fingerprint density at radius 1 is 1.07 bits per heavy atom. The van der Waals surface area contributed by atoms with E-state index < -0.39 is 0 Å². The van der Waals surface area contributed by atoms with E-state index in [1.165, 1.54) is 11.3 Å². The minimum absolute atomic E-state index is 0.00991. The molecule has 3 rings (SSSR count). The molecular formula is C22H34N4O2. The minimum atomic E-state index is 0.00991. The van der Waals surface area contributed by atoms with Crippen molar-refractivity contribution in [2.75, 3.05) is 44.7 Å². The van der Waals surface area contributed by atoms with Gasteiger partial charge in [0.2, 0.25) is 11.8 Å². The minimum Gasteiger partial charge on any atom is -0.369 e. The summed E-state index contributed by atoms with van der Waals surface area (Å²) in [6.07, 6.45) is 3.65. The van der Waals surface area contributed by atoms with Gasteiger partial charge in [0.25, 0.3) is 0 Å². The lowest BCUT2D eigenvalue weighted by atomic mass is 10.1. The molecule has 1 aromatic carbocycles. The predicted molar refractivity (Wildman–Crippen MR) is 112 cm³/mol. The Morgan fingerprint density at radius 2 is 1.82 bits per heavy atom. The van der Waals surface area contributed by atoms with Crippen LogP contribution in [0.3, 0.4) is 0 Å². The first kappa shape index (κ1) is 20.6. The molecule has 0 saturated carbocycles. The lowest BCUT2D eigenvalue weighted by Gasteiger charge is -2.28. The van der Waals surface area contributed by atoms with Crippen LogP contribution in [0, 0.1) is 6.92 Å². The average Bonchev–Trinajstić information content (AvgIpc) is 2.86. The molecule has 6 heteroatoms. The average molecular weight is 387 g/mol. The van der Waals surface area contributed by atoms with Gasteiger partial charge in [0.05, 0.1) is 0 Å². The van der Waals surface area contributed by atoms with Crippen LogP contribution in [0.15, 0.2) is 24.3 Å². The van der Waals surface area contributed by atoms with Gasteiger partial charge in [0, 0.05) is 63.8 Å². The van der Waals surface area contributed by atoms with Gasteiger partial charge in [-0.15, -0.1) is 0 Å². The Labute approximate surface area is 168 Å². The zero-order valence-electron chi connectivity index (χ0n) is 17.5. The van der Waals surface area contributed by atoms with Gasteiger partial charge in [-0.2, -0.15) is 0 Å². The second-order valence-electron chi connectivity index (χ2n) is 8.20. The predicted octanol–water partition coefficient (Wildman–Crippen LogP) is 2.02. The lowest BCUT2D eigenvalue weighted by Crippen LogP contribution is -2.43. The summed E-state index contributed by atoms with van der Waals surface area (Å²) in [5, 5.41) is 2.91. The molecule has 2 saturated heterocycles. The van der Waals surface area contributed by atoms with Crippen molar-refractivity contribution in [2.45, 2.75) is 51.6 Å². The zero-order chi connectivity index (χ0) is 20.1. The molecule has 0 radical (unpaired) electrons. The number of rotatable bonds is 5. The number of likely N-dealkylation sites (tertiary alicyclic amines) is 1. The van der Waals surface area contributed by atoms with Gasteiger partial charge in [0.1, 0.15) is 0 Å². The van der Waals surface area contributed by atoms with Gasteiger partial charge in [-0.05, 0) is 44.9 Å². The fraction of sp³-hybridized carbons (Fsp3) is 0.636. The summed E-state index contributed by atoms with van der Waals surface area (Å²) in [6, 6.07) is 9.10. The van der Waals surface area contributed by atoms with E-state index in [-0.39, 0.29) is 17.9 Å². The summed E-state index contributed by atoms with van der Waals surface area (Å²) in [5.74, 6) is 0.277. The van der Waals surface area contributed by atoms with Crippen molar-refractivity contribution in [1.29, 1.82) is 0 Å². The number of carbonyl (C=O) groups is 2. The van der Waals surface area contributed by atoms with E-state index in [1.54, 1.807) is 6.92 Å². The molecule has 0 aliphatic carbocycles. The van der Waals surface area contributed by atoms with Crippen molar-refractivity contribution >= 4 is 17.5 Å². The number of likely N-dealkylation sites (N-methyl/N-ethyl adjacent to an activating group) is 1. The molecule has 154 valence electrons. The van der Waals surface area contributed by atoms with Gasteiger partial charge in [0.15, 0.2) is 0 Å². The van der Waals surface area contributed by atoms with Crippen molar-refractivity contribution in [2.24, 2.45) is 0 Å². The number of hydrogen-bond acceptors (Lipinski definition) is 4. The molecule has 6 nitrogen and oxygen atoms in total. The number of aryl methyl sites for hydroxylation is 1. The van der Waals surface area contributed by atoms with Crippen LogP contribution in [-0.4, -0.2) is 73.5 Å². The number of nitrogens with one attached hydrogen (secondary N) is 1. The first-order valence-corrected chi connectivity index (χ1v) is 10.5. The third-order valence-electron chi connectivity index (χ3n) is 6.29. The molecule has 2 fully saturated rings. The molecular weight excluding hydrogens is 352 g/mol. The molecule has 1 aromatic rings. The fourth-order valence-electron chi connectivity index (χ4n) is 4.50. The molecule has 2 heterocycles. The quantitative estimate of drug-likeness (QED) is 0.841. The molecule has 2 atom stereocenters. The molecule has 0 spiro atoms. The zero-order valence-corrected chi connectivity index (χ0v) is 17.5. The van der Waals surface area contributed by atoms with Gasteiger partial charge in [-0.1, -0.05) is 18.2 Å². The molecule has 28 heavy (non-hydrogen) atoms. The van der Waals surface area contributed by atoms with Gasteiger partial charge < -0.3 is 15.1 Å². The number of hydrogen-bond donors (Lipinski definition) is 1. The van der Waals surface area contributed by atoms with Crippen molar-refractivity contribution in [3.63, 3.8) is 0 Å². The largest absolute Gasteiger partial charge is 0.369 e. The van der Waals surface area contributed by atoms with E-state index in [2.05, 4.69) is 53.4 Å². The standard InChI is InChI=1S/C22H34N4O2/c1-17-7-4-5-8-21(17)25-11-6-12-26(14-13-25)22(28)15-19-9-10-20(24(19)3)16-23-18(2)27/h4-5,7-8,19-20H,6,9-16H2,1-3H3,(H,23,27)/t19-,20+/m0/s1. The second-order valence-corrected chi connectivity index (χ2v) is 8.20. The van der Waals surface area contributed by atoms with Crippen LogP contribution >= 0.6 is 0 Å². The molecule has 0 bridgehead atoms. The summed E-state index contributed by atoms with van der Waals surface area (Å²) < 4.78 is 0. The van der Waals surface area contributed by atoms with Crippen LogP contribution in [-0.2, 0) is 9.59 Å². The normalized spacial score (nSPS) is 23.5. The summed E-state index contributed by atoms with van der Waals surface area (Å²) in [5.41, 5.74) is 2.58. The summed E-state index contributed by atoms with van der Waals surface area (Å²) in [6.45, 7) is 7.89. The van der Waals surface area contributed by atoms with Crippen molar-refractivity contribution in [3.05, 3.63) is 29.8 Å². The number of amides is 2. The van der Waals surface area contributed by atoms with Gasteiger partial charge in [-0.25, -0.2) is 0 Å². The highest BCUT2D eigenvalue weighted by molar-refractivity contribution is 5.77. The first-order chi connectivity index (χ1) is 13.5. The molecule has 0 unspecified atom stereocenters. The van der Waals surface area contributed by atoms with E-state index in [0.717, 1.165) is 45.4 Å². The third-order valence-corrected chi connectivity index (χ3v) is 6.29. The van der Waals surface area contributed by atoms with Crippen LogP contribution in [0.5, 0.6) is 0 Å². The van der Waals surface area contributed by atoms with E-state index in [1.807, 2.05) is 4.90 Å². The van der Waals surface area contributed by atoms with Crippen LogP contribution in [0.4, 0.5) is 5.69 Å². The maximum Gasteiger partial charge on any atom is 0.224 e. The highest BCUT2D eigenvalue weighted by Gasteiger charge is 2.33. The molecule has 0 aromatic heterocycles. The van der Waals surface area contributed by atoms with E-state index in [0.29, 0.717) is 19.0 Å². The third kappa shape index (κ3) is 5.04. The van der Waals surface area contributed by atoms with Gasteiger partial charge >= 0.3 is 0 Å². The molecule has 2 aliphatic heterocycles.